The van der Waals surface area contributed by atoms with Gasteiger partial charge in [0.05, 0.1) is 11.3 Å². The molecule has 0 spiro atoms. The maximum absolute atomic E-state index is 13.5. The summed E-state index contributed by atoms with van der Waals surface area (Å²) in [5.74, 6) is -1.14. The molecule has 1 heterocycles. The third-order valence-corrected chi connectivity index (χ3v) is 6.85. The Bertz CT molecular complexity index is 1300. The van der Waals surface area contributed by atoms with Gasteiger partial charge in [-0.1, -0.05) is 61.0 Å². The van der Waals surface area contributed by atoms with E-state index in [0.717, 1.165) is 64.1 Å². The highest BCUT2D eigenvalue weighted by Crippen LogP contribution is 2.38. The van der Waals surface area contributed by atoms with Crippen molar-refractivity contribution in [2.45, 2.75) is 44.2 Å². The predicted molar refractivity (Wildman–Crippen MR) is 137 cm³/mol. The summed E-state index contributed by atoms with van der Waals surface area (Å²) in [6, 6.07) is 19.2. The van der Waals surface area contributed by atoms with E-state index in [1.807, 2.05) is 43.3 Å². The van der Waals surface area contributed by atoms with Crippen LogP contribution < -0.4 is 10.2 Å². The zero-order chi connectivity index (χ0) is 25.9. The number of amides is 2. The van der Waals surface area contributed by atoms with Crippen LogP contribution in [-0.4, -0.2) is 11.8 Å². The van der Waals surface area contributed by atoms with Crippen LogP contribution in [0.2, 0.25) is 0 Å². The molecule has 1 N–H and O–H groups in total. The number of rotatable bonds is 8. The van der Waals surface area contributed by atoms with Crippen LogP contribution in [0, 0.1) is 6.92 Å². The van der Waals surface area contributed by atoms with Crippen molar-refractivity contribution in [1.29, 1.82) is 0 Å². The molecule has 0 aromatic heterocycles. The lowest BCUT2D eigenvalue weighted by Crippen LogP contribution is -2.32. The minimum Gasteiger partial charge on any atom is -0.350 e. The van der Waals surface area contributed by atoms with E-state index >= 15 is 0 Å². The van der Waals surface area contributed by atoms with E-state index in [0.29, 0.717) is 5.69 Å². The summed E-state index contributed by atoms with van der Waals surface area (Å²) in [5.41, 5.74) is 1.71. The number of imide groups is 1. The van der Waals surface area contributed by atoms with Crippen LogP contribution in [0.1, 0.15) is 36.5 Å². The topological polar surface area (TPSA) is 49.4 Å². The van der Waals surface area contributed by atoms with Crippen LogP contribution in [0.5, 0.6) is 0 Å². The maximum atomic E-state index is 13.5. The number of hydrogen-bond acceptors (Lipinski definition) is 4. The minimum absolute atomic E-state index is 0.0556. The molecular weight excluding hydrogens is 485 g/mol. The van der Waals surface area contributed by atoms with Gasteiger partial charge in [-0.3, -0.25) is 9.59 Å². The van der Waals surface area contributed by atoms with E-state index in [-0.39, 0.29) is 16.3 Å². The van der Waals surface area contributed by atoms with Gasteiger partial charge in [-0.25, -0.2) is 4.90 Å². The SMILES string of the molecule is CCCCc1ccc(N2C(=O)C(Nc3cccc(C(F)(F)F)c3)=C(Sc3ccc(C)cc3)C2=O)cc1. The number of benzene rings is 3. The Balaban J connectivity index is 1.69. The molecule has 0 bridgehead atoms. The molecule has 1 aliphatic rings. The third kappa shape index (κ3) is 5.65. The van der Waals surface area contributed by atoms with Gasteiger partial charge in [0.2, 0.25) is 0 Å². The fourth-order valence-corrected chi connectivity index (χ4v) is 4.71. The number of alkyl halides is 3. The third-order valence-electron chi connectivity index (χ3n) is 5.76. The van der Waals surface area contributed by atoms with Crippen LogP contribution in [0.25, 0.3) is 0 Å². The Kier molecular flexibility index (Phi) is 7.54. The van der Waals surface area contributed by atoms with Gasteiger partial charge >= 0.3 is 6.18 Å². The molecule has 4 nitrogen and oxygen atoms in total. The first-order valence-electron chi connectivity index (χ1n) is 11.6. The minimum atomic E-state index is -4.54. The summed E-state index contributed by atoms with van der Waals surface area (Å²) in [6.45, 7) is 4.04. The molecule has 186 valence electrons. The van der Waals surface area contributed by atoms with Gasteiger partial charge in [0.1, 0.15) is 10.6 Å². The summed E-state index contributed by atoms with van der Waals surface area (Å²) in [7, 11) is 0. The number of anilines is 2. The van der Waals surface area contributed by atoms with Gasteiger partial charge in [0.15, 0.2) is 0 Å². The molecule has 0 aliphatic carbocycles. The van der Waals surface area contributed by atoms with Crippen molar-refractivity contribution in [3.8, 4) is 0 Å². The molecule has 8 heteroatoms. The molecule has 3 aromatic carbocycles. The van der Waals surface area contributed by atoms with E-state index in [2.05, 4.69) is 12.2 Å². The fraction of sp³-hybridized carbons (Fsp3) is 0.214. The van der Waals surface area contributed by atoms with Gasteiger partial charge in [-0.2, -0.15) is 13.2 Å². The molecule has 0 saturated heterocycles. The van der Waals surface area contributed by atoms with Crippen molar-refractivity contribution in [2.75, 3.05) is 10.2 Å². The molecule has 0 radical (unpaired) electrons. The molecule has 0 saturated carbocycles. The number of aryl methyl sites for hydroxylation is 2. The lowest BCUT2D eigenvalue weighted by molar-refractivity contribution is -0.137. The second-order valence-corrected chi connectivity index (χ2v) is 9.62. The molecule has 0 unspecified atom stereocenters. The average Bonchev–Trinajstić information content (AvgIpc) is 3.08. The van der Waals surface area contributed by atoms with E-state index in [4.69, 9.17) is 0 Å². The Labute approximate surface area is 212 Å². The molecule has 0 fully saturated rings. The number of hydrogen-bond donors (Lipinski definition) is 1. The predicted octanol–water partition coefficient (Wildman–Crippen LogP) is 7.35. The van der Waals surface area contributed by atoms with Crippen LogP contribution >= 0.6 is 11.8 Å². The Morgan fingerprint density at radius 3 is 2.25 bits per heavy atom. The van der Waals surface area contributed by atoms with Crippen LogP contribution in [-0.2, 0) is 22.2 Å². The molecule has 0 atom stereocenters. The number of carbonyl (C=O) groups is 2. The number of nitrogens with zero attached hydrogens (tertiary/aromatic N) is 1. The second-order valence-electron chi connectivity index (χ2n) is 8.54. The maximum Gasteiger partial charge on any atom is 0.416 e. The monoisotopic (exact) mass is 510 g/mol. The van der Waals surface area contributed by atoms with Gasteiger partial charge < -0.3 is 5.32 Å². The van der Waals surface area contributed by atoms with Gasteiger partial charge in [0, 0.05) is 10.6 Å². The van der Waals surface area contributed by atoms with Crippen molar-refractivity contribution >= 4 is 35.0 Å². The lowest BCUT2D eigenvalue weighted by atomic mass is 10.1. The molecule has 2 amide bonds. The van der Waals surface area contributed by atoms with Crippen LogP contribution in [0.15, 0.2) is 88.3 Å². The molecule has 1 aliphatic heterocycles. The summed E-state index contributed by atoms with van der Waals surface area (Å²) >= 11 is 1.10. The van der Waals surface area contributed by atoms with Crippen molar-refractivity contribution in [1.82, 2.24) is 0 Å². The van der Waals surface area contributed by atoms with Gasteiger partial charge in [-0.15, -0.1) is 0 Å². The Hall–Kier alpha value is -3.52. The quantitative estimate of drug-likeness (QED) is 0.322. The molecule has 4 rings (SSSR count). The van der Waals surface area contributed by atoms with Crippen molar-refractivity contribution in [2.24, 2.45) is 0 Å². The molecule has 3 aromatic rings. The summed E-state index contributed by atoms with van der Waals surface area (Å²) < 4.78 is 39.7. The smallest absolute Gasteiger partial charge is 0.350 e. The number of thioether (sulfide) groups is 1. The van der Waals surface area contributed by atoms with Gasteiger partial charge in [0.25, 0.3) is 11.8 Å². The largest absolute Gasteiger partial charge is 0.416 e. The average molecular weight is 511 g/mol. The number of unbranched alkanes of at least 4 members (excludes halogenated alkanes) is 1. The van der Waals surface area contributed by atoms with E-state index < -0.39 is 23.6 Å². The van der Waals surface area contributed by atoms with Crippen LogP contribution in [0.3, 0.4) is 0 Å². The molecular formula is C28H25F3N2O2S. The summed E-state index contributed by atoms with van der Waals surface area (Å²) in [4.78, 5) is 28.9. The fourth-order valence-electron chi connectivity index (χ4n) is 3.78. The standard InChI is InChI=1S/C28H25F3N2O2S/c1-3-4-6-19-11-13-22(14-12-19)33-26(34)24(32-21-8-5-7-20(17-21)28(29,30)31)25(27(33)35)36-23-15-9-18(2)10-16-23/h5,7-17,32H,3-4,6H2,1-2H3. The lowest BCUT2D eigenvalue weighted by Gasteiger charge is -2.16. The number of carbonyl (C=O) groups excluding carboxylic acids is 2. The first kappa shape index (κ1) is 25.6. The van der Waals surface area contributed by atoms with Crippen LogP contribution in [0.4, 0.5) is 24.5 Å². The summed E-state index contributed by atoms with van der Waals surface area (Å²) in [6.07, 6.45) is -1.55. The van der Waals surface area contributed by atoms with Crippen molar-refractivity contribution in [3.63, 3.8) is 0 Å². The zero-order valence-electron chi connectivity index (χ0n) is 19.9. The zero-order valence-corrected chi connectivity index (χ0v) is 20.7. The first-order valence-corrected chi connectivity index (χ1v) is 12.4. The highest BCUT2D eigenvalue weighted by molar-refractivity contribution is 8.04. The van der Waals surface area contributed by atoms with Crippen molar-refractivity contribution < 1.29 is 22.8 Å². The Morgan fingerprint density at radius 1 is 0.917 bits per heavy atom. The van der Waals surface area contributed by atoms with E-state index in [1.165, 1.54) is 12.1 Å². The normalized spacial score (nSPS) is 14.1. The highest BCUT2D eigenvalue weighted by atomic mass is 32.2. The van der Waals surface area contributed by atoms with E-state index in [9.17, 15) is 22.8 Å². The Morgan fingerprint density at radius 2 is 1.61 bits per heavy atom. The second kappa shape index (κ2) is 10.6. The molecule has 36 heavy (non-hydrogen) atoms. The van der Waals surface area contributed by atoms with Crippen molar-refractivity contribution in [3.05, 3.63) is 100 Å². The van der Waals surface area contributed by atoms with Gasteiger partial charge in [-0.05, 0) is 67.8 Å². The first-order chi connectivity index (χ1) is 17.2. The number of halogens is 3. The summed E-state index contributed by atoms with van der Waals surface area (Å²) in [5, 5.41) is 2.80. The highest BCUT2D eigenvalue weighted by Gasteiger charge is 2.40. The van der Waals surface area contributed by atoms with E-state index in [1.54, 1.807) is 12.1 Å². The number of nitrogens with one attached hydrogen (secondary N) is 1.